The minimum absolute atomic E-state index is 0.741. The van der Waals surface area contributed by atoms with Crippen molar-refractivity contribution in [3.8, 4) is 5.75 Å². The Morgan fingerprint density at radius 1 is 1.16 bits per heavy atom. The molecule has 0 amide bonds. The molecule has 4 heteroatoms. The Kier molecular flexibility index (Phi) is 2.91. The van der Waals surface area contributed by atoms with Gasteiger partial charge in [-0.1, -0.05) is 29.8 Å². The lowest BCUT2D eigenvalue weighted by molar-refractivity contribution is 0.416. The van der Waals surface area contributed by atoms with E-state index in [1.807, 2.05) is 22.7 Å². The topological polar surface area (TPSA) is 39.4 Å². The largest absolute Gasteiger partial charge is 0.493 e. The number of hydrogen-bond acceptors (Lipinski definition) is 3. The molecular weight excluding hydrogens is 238 g/mol. The highest BCUT2D eigenvalue weighted by atomic mass is 16.5. The Balaban J connectivity index is 2.02. The van der Waals surface area contributed by atoms with Crippen molar-refractivity contribution in [3.05, 3.63) is 59.5 Å². The number of pyridine rings is 1. The molecule has 1 aromatic carbocycles. The van der Waals surface area contributed by atoms with E-state index in [0.29, 0.717) is 0 Å². The Morgan fingerprint density at radius 3 is 2.84 bits per heavy atom. The zero-order valence-corrected chi connectivity index (χ0v) is 11.0. The first-order valence-electron chi connectivity index (χ1n) is 6.20. The lowest BCUT2D eigenvalue weighted by atomic mass is 10.1. The summed E-state index contributed by atoms with van der Waals surface area (Å²) < 4.78 is 7.26. The van der Waals surface area contributed by atoms with Gasteiger partial charge < -0.3 is 4.74 Å². The lowest BCUT2D eigenvalue weighted by Gasteiger charge is -2.03. The van der Waals surface area contributed by atoms with E-state index in [1.165, 1.54) is 11.1 Å². The minimum atomic E-state index is 0.741. The van der Waals surface area contributed by atoms with Crippen molar-refractivity contribution < 1.29 is 4.74 Å². The first-order valence-corrected chi connectivity index (χ1v) is 6.20. The Labute approximate surface area is 111 Å². The van der Waals surface area contributed by atoms with E-state index in [9.17, 15) is 0 Å². The van der Waals surface area contributed by atoms with Gasteiger partial charge in [0.05, 0.1) is 7.11 Å². The van der Waals surface area contributed by atoms with Gasteiger partial charge in [0, 0.05) is 12.6 Å². The molecule has 3 rings (SSSR count). The number of fused-ring (bicyclic) bond motifs is 1. The molecule has 19 heavy (non-hydrogen) atoms. The van der Waals surface area contributed by atoms with E-state index in [-0.39, 0.29) is 0 Å². The van der Waals surface area contributed by atoms with Crippen LogP contribution in [-0.2, 0) is 6.42 Å². The number of hydrogen-bond donors (Lipinski definition) is 0. The van der Waals surface area contributed by atoms with Gasteiger partial charge in [0.2, 0.25) is 5.65 Å². The predicted octanol–water partition coefficient (Wildman–Crippen LogP) is 2.64. The van der Waals surface area contributed by atoms with E-state index >= 15 is 0 Å². The Bertz CT molecular complexity index is 718. The van der Waals surface area contributed by atoms with Gasteiger partial charge in [0.15, 0.2) is 5.75 Å². The molecule has 0 aliphatic carbocycles. The van der Waals surface area contributed by atoms with Gasteiger partial charge >= 0.3 is 0 Å². The first kappa shape index (κ1) is 11.7. The van der Waals surface area contributed by atoms with Gasteiger partial charge in [-0.25, -0.2) is 0 Å². The van der Waals surface area contributed by atoms with Crippen LogP contribution in [0.25, 0.3) is 5.65 Å². The zero-order chi connectivity index (χ0) is 13.2. The molecular formula is C15H15N3O. The molecule has 0 N–H and O–H groups in total. The molecule has 0 atom stereocenters. The molecule has 0 spiro atoms. The number of benzene rings is 1. The van der Waals surface area contributed by atoms with Crippen molar-refractivity contribution in [1.82, 2.24) is 14.6 Å². The third-order valence-electron chi connectivity index (χ3n) is 3.13. The Morgan fingerprint density at radius 2 is 2.05 bits per heavy atom. The van der Waals surface area contributed by atoms with Crippen LogP contribution in [0, 0.1) is 6.92 Å². The molecule has 0 aliphatic heterocycles. The molecule has 2 aromatic heterocycles. The van der Waals surface area contributed by atoms with Gasteiger partial charge in [0.25, 0.3) is 0 Å². The van der Waals surface area contributed by atoms with Crippen LogP contribution in [0.5, 0.6) is 5.75 Å². The maximum absolute atomic E-state index is 5.29. The molecule has 4 nitrogen and oxygen atoms in total. The number of aromatic nitrogens is 3. The molecule has 0 aliphatic rings. The van der Waals surface area contributed by atoms with Gasteiger partial charge in [-0.05, 0) is 24.6 Å². The van der Waals surface area contributed by atoms with E-state index < -0.39 is 0 Å². The average Bonchev–Trinajstić information content (AvgIpc) is 2.82. The highest BCUT2D eigenvalue weighted by molar-refractivity contribution is 5.53. The summed E-state index contributed by atoms with van der Waals surface area (Å²) in [5, 5.41) is 8.46. The maximum atomic E-state index is 5.29. The summed E-state index contributed by atoms with van der Waals surface area (Å²) >= 11 is 0. The summed E-state index contributed by atoms with van der Waals surface area (Å²) in [6.45, 7) is 2.09. The number of aryl methyl sites for hydroxylation is 1. The fourth-order valence-electron chi connectivity index (χ4n) is 2.22. The van der Waals surface area contributed by atoms with Gasteiger partial charge in [-0.3, -0.25) is 4.40 Å². The second-order valence-corrected chi connectivity index (χ2v) is 4.55. The molecule has 0 unspecified atom stereocenters. The van der Waals surface area contributed by atoms with Crippen molar-refractivity contribution in [2.75, 3.05) is 7.11 Å². The zero-order valence-electron chi connectivity index (χ0n) is 11.0. The van der Waals surface area contributed by atoms with Crippen LogP contribution in [0.1, 0.15) is 17.0 Å². The van der Waals surface area contributed by atoms with Crippen molar-refractivity contribution in [3.63, 3.8) is 0 Å². The number of ether oxygens (including phenoxy) is 1. The summed E-state index contributed by atoms with van der Waals surface area (Å²) in [5.74, 6) is 1.66. The van der Waals surface area contributed by atoms with Crippen LogP contribution >= 0.6 is 0 Å². The quantitative estimate of drug-likeness (QED) is 0.720. The molecule has 0 saturated carbocycles. The minimum Gasteiger partial charge on any atom is -0.493 e. The van der Waals surface area contributed by atoms with E-state index in [2.05, 4.69) is 41.4 Å². The summed E-state index contributed by atoms with van der Waals surface area (Å²) in [4.78, 5) is 0. The molecule has 0 saturated heterocycles. The van der Waals surface area contributed by atoms with Crippen molar-refractivity contribution in [1.29, 1.82) is 0 Å². The number of methoxy groups -OCH3 is 1. The SMILES string of the molecule is COc1cccn2c(Cc3cccc(C)c3)nnc12. The van der Waals surface area contributed by atoms with E-state index in [4.69, 9.17) is 4.74 Å². The van der Waals surface area contributed by atoms with Crippen molar-refractivity contribution in [2.24, 2.45) is 0 Å². The molecule has 0 radical (unpaired) electrons. The third-order valence-corrected chi connectivity index (χ3v) is 3.13. The summed E-state index contributed by atoms with van der Waals surface area (Å²) in [6, 6.07) is 12.3. The third kappa shape index (κ3) is 2.17. The fraction of sp³-hybridized carbons (Fsp3) is 0.200. The van der Waals surface area contributed by atoms with Crippen LogP contribution in [0.2, 0.25) is 0 Å². The molecule has 0 bridgehead atoms. The van der Waals surface area contributed by atoms with Crippen LogP contribution in [0.3, 0.4) is 0 Å². The maximum Gasteiger partial charge on any atom is 0.203 e. The average molecular weight is 253 g/mol. The highest BCUT2D eigenvalue weighted by Gasteiger charge is 2.09. The van der Waals surface area contributed by atoms with Crippen LogP contribution in [-0.4, -0.2) is 21.7 Å². The number of rotatable bonds is 3. The number of nitrogens with zero attached hydrogens (tertiary/aromatic N) is 3. The van der Waals surface area contributed by atoms with Crippen LogP contribution in [0.15, 0.2) is 42.6 Å². The highest BCUT2D eigenvalue weighted by Crippen LogP contribution is 2.19. The molecule has 2 heterocycles. The van der Waals surface area contributed by atoms with Gasteiger partial charge in [-0.15, -0.1) is 10.2 Å². The van der Waals surface area contributed by atoms with E-state index in [1.54, 1.807) is 7.11 Å². The van der Waals surface area contributed by atoms with Crippen LogP contribution < -0.4 is 4.74 Å². The summed E-state index contributed by atoms with van der Waals surface area (Å²) in [6.07, 6.45) is 2.72. The monoisotopic (exact) mass is 253 g/mol. The normalized spacial score (nSPS) is 10.8. The lowest BCUT2D eigenvalue weighted by Crippen LogP contribution is -1.97. The molecule has 3 aromatic rings. The van der Waals surface area contributed by atoms with Crippen molar-refractivity contribution >= 4 is 5.65 Å². The smallest absolute Gasteiger partial charge is 0.203 e. The second-order valence-electron chi connectivity index (χ2n) is 4.55. The first-order chi connectivity index (χ1) is 9.28. The standard InChI is InChI=1S/C15H15N3O/c1-11-5-3-6-12(9-11)10-14-16-17-15-13(19-2)7-4-8-18(14)15/h3-9H,10H2,1-2H3. The second kappa shape index (κ2) is 4.72. The molecule has 0 fully saturated rings. The van der Waals surface area contributed by atoms with Gasteiger partial charge in [-0.2, -0.15) is 0 Å². The Hall–Kier alpha value is -2.36. The van der Waals surface area contributed by atoms with Crippen LogP contribution in [0.4, 0.5) is 0 Å². The van der Waals surface area contributed by atoms with Crippen molar-refractivity contribution in [2.45, 2.75) is 13.3 Å². The predicted molar refractivity (Wildman–Crippen MR) is 73.5 cm³/mol. The molecule has 96 valence electrons. The fourth-order valence-corrected chi connectivity index (χ4v) is 2.22. The van der Waals surface area contributed by atoms with E-state index in [0.717, 1.165) is 23.6 Å². The van der Waals surface area contributed by atoms with Gasteiger partial charge in [0.1, 0.15) is 5.82 Å². The summed E-state index contributed by atoms with van der Waals surface area (Å²) in [7, 11) is 1.64. The summed E-state index contributed by atoms with van der Waals surface area (Å²) in [5.41, 5.74) is 3.24.